The Labute approximate surface area is 121 Å². The maximum atomic E-state index is 5.89. The molecular weight excluding hydrogens is 254 g/mol. The first-order chi connectivity index (χ1) is 9.74. The van der Waals surface area contributed by atoms with Crippen molar-refractivity contribution in [2.75, 3.05) is 19.9 Å². The second kappa shape index (κ2) is 7.50. The molecule has 1 aliphatic rings. The van der Waals surface area contributed by atoms with E-state index in [1.807, 2.05) is 6.07 Å². The van der Waals surface area contributed by atoms with Crippen LogP contribution in [0.4, 0.5) is 0 Å². The first kappa shape index (κ1) is 15.1. The van der Waals surface area contributed by atoms with Gasteiger partial charge in [-0.2, -0.15) is 0 Å². The molecule has 0 radical (unpaired) electrons. The van der Waals surface area contributed by atoms with Crippen molar-refractivity contribution < 1.29 is 14.2 Å². The average Bonchev–Trinajstić information content (AvgIpc) is 2.94. The van der Waals surface area contributed by atoms with Crippen molar-refractivity contribution in [3.05, 3.63) is 23.8 Å². The average molecular weight is 279 g/mol. The van der Waals surface area contributed by atoms with Crippen LogP contribution < -0.4 is 14.8 Å². The fourth-order valence-corrected chi connectivity index (χ4v) is 2.10. The molecule has 0 saturated carbocycles. The number of benzene rings is 1. The van der Waals surface area contributed by atoms with Crippen molar-refractivity contribution in [3.63, 3.8) is 0 Å². The predicted molar refractivity (Wildman–Crippen MR) is 79.3 cm³/mol. The van der Waals surface area contributed by atoms with Crippen LogP contribution in [0.1, 0.15) is 45.2 Å². The van der Waals surface area contributed by atoms with Crippen molar-refractivity contribution in [2.24, 2.45) is 0 Å². The van der Waals surface area contributed by atoms with E-state index in [1.54, 1.807) is 0 Å². The largest absolute Gasteiger partial charge is 0.454 e. The van der Waals surface area contributed by atoms with Crippen LogP contribution >= 0.6 is 0 Å². The Morgan fingerprint density at radius 3 is 2.80 bits per heavy atom. The molecule has 1 N–H and O–H groups in total. The summed E-state index contributed by atoms with van der Waals surface area (Å²) >= 11 is 0. The van der Waals surface area contributed by atoms with Gasteiger partial charge in [0.25, 0.3) is 0 Å². The molecule has 0 spiro atoms. The Hall–Kier alpha value is -1.26. The molecule has 0 aromatic heterocycles. The highest BCUT2D eigenvalue weighted by Crippen LogP contribution is 2.34. The molecule has 1 aromatic rings. The van der Waals surface area contributed by atoms with Crippen molar-refractivity contribution in [1.29, 1.82) is 0 Å². The van der Waals surface area contributed by atoms with Gasteiger partial charge in [0.05, 0.1) is 18.8 Å². The second-order valence-corrected chi connectivity index (χ2v) is 5.17. The summed E-state index contributed by atoms with van der Waals surface area (Å²) in [5, 5.41) is 3.53. The lowest BCUT2D eigenvalue weighted by Crippen LogP contribution is -2.27. The van der Waals surface area contributed by atoms with Gasteiger partial charge in [0, 0.05) is 0 Å². The molecule has 2 rings (SSSR count). The fraction of sp³-hybridized carbons (Fsp3) is 0.625. The molecule has 1 heterocycles. The van der Waals surface area contributed by atoms with E-state index in [0.29, 0.717) is 13.4 Å². The third-order valence-electron chi connectivity index (χ3n) is 3.56. The Morgan fingerprint density at radius 1 is 1.25 bits per heavy atom. The normalized spacial score (nSPS) is 16.1. The van der Waals surface area contributed by atoms with Crippen molar-refractivity contribution >= 4 is 0 Å². The number of hydrogen-bond donors (Lipinski definition) is 1. The van der Waals surface area contributed by atoms with Crippen LogP contribution in [0.3, 0.4) is 0 Å². The van der Waals surface area contributed by atoms with E-state index in [2.05, 4.69) is 38.2 Å². The summed E-state index contributed by atoms with van der Waals surface area (Å²) in [6.07, 6.45) is 2.42. The Bertz CT molecular complexity index is 422. The van der Waals surface area contributed by atoms with Gasteiger partial charge in [-0.25, -0.2) is 0 Å². The SMILES string of the molecule is CCCNC(COC(C)CC)c1ccc2c(c1)OCO2. The topological polar surface area (TPSA) is 39.7 Å². The van der Waals surface area contributed by atoms with Crippen molar-refractivity contribution in [2.45, 2.75) is 45.8 Å². The highest BCUT2D eigenvalue weighted by atomic mass is 16.7. The number of rotatable bonds is 8. The van der Waals surface area contributed by atoms with Crippen LogP contribution in [-0.4, -0.2) is 26.0 Å². The highest BCUT2D eigenvalue weighted by Gasteiger charge is 2.18. The third kappa shape index (κ3) is 3.87. The molecular formula is C16H25NO3. The van der Waals surface area contributed by atoms with Gasteiger partial charge in [-0.1, -0.05) is 19.9 Å². The molecule has 0 saturated heterocycles. The fourth-order valence-electron chi connectivity index (χ4n) is 2.10. The van der Waals surface area contributed by atoms with E-state index in [-0.39, 0.29) is 12.1 Å². The minimum absolute atomic E-state index is 0.193. The summed E-state index contributed by atoms with van der Waals surface area (Å²) in [5.74, 6) is 1.65. The van der Waals surface area contributed by atoms with Gasteiger partial charge in [-0.05, 0) is 44.0 Å². The monoisotopic (exact) mass is 279 g/mol. The van der Waals surface area contributed by atoms with Crippen molar-refractivity contribution in [3.8, 4) is 11.5 Å². The maximum absolute atomic E-state index is 5.89. The van der Waals surface area contributed by atoms with Crippen LogP contribution in [0.25, 0.3) is 0 Å². The van der Waals surface area contributed by atoms with Crippen LogP contribution in [0, 0.1) is 0 Å². The van der Waals surface area contributed by atoms with E-state index >= 15 is 0 Å². The third-order valence-corrected chi connectivity index (χ3v) is 3.56. The first-order valence-electron chi connectivity index (χ1n) is 7.49. The van der Waals surface area contributed by atoms with Crippen LogP contribution in [-0.2, 0) is 4.74 Å². The summed E-state index contributed by atoms with van der Waals surface area (Å²) in [7, 11) is 0. The Morgan fingerprint density at radius 2 is 2.05 bits per heavy atom. The quantitative estimate of drug-likeness (QED) is 0.793. The predicted octanol–water partition coefficient (Wildman–Crippen LogP) is 3.27. The van der Waals surface area contributed by atoms with Gasteiger partial charge in [-0.15, -0.1) is 0 Å². The zero-order valence-corrected chi connectivity index (χ0v) is 12.6. The summed E-state index contributed by atoms with van der Waals surface area (Å²) in [4.78, 5) is 0. The molecule has 0 bridgehead atoms. The van der Waals surface area contributed by atoms with E-state index < -0.39 is 0 Å². The van der Waals surface area contributed by atoms with E-state index in [0.717, 1.165) is 30.9 Å². The lowest BCUT2D eigenvalue weighted by molar-refractivity contribution is 0.0474. The van der Waals surface area contributed by atoms with Crippen molar-refractivity contribution in [1.82, 2.24) is 5.32 Å². The molecule has 2 atom stereocenters. The Balaban J connectivity index is 2.04. The molecule has 1 aliphatic heterocycles. The van der Waals surface area contributed by atoms with Crippen LogP contribution in [0.5, 0.6) is 11.5 Å². The molecule has 4 nitrogen and oxygen atoms in total. The van der Waals surface area contributed by atoms with E-state index in [9.17, 15) is 0 Å². The van der Waals surface area contributed by atoms with Gasteiger partial charge >= 0.3 is 0 Å². The minimum Gasteiger partial charge on any atom is -0.454 e. The van der Waals surface area contributed by atoms with Crippen LogP contribution in [0.2, 0.25) is 0 Å². The second-order valence-electron chi connectivity index (χ2n) is 5.17. The number of hydrogen-bond acceptors (Lipinski definition) is 4. The number of fused-ring (bicyclic) bond motifs is 1. The van der Waals surface area contributed by atoms with E-state index in [1.165, 1.54) is 5.56 Å². The van der Waals surface area contributed by atoms with E-state index in [4.69, 9.17) is 14.2 Å². The minimum atomic E-state index is 0.193. The number of nitrogens with one attached hydrogen (secondary N) is 1. The molecule has 0 amide bonds. The molecule has 112 valence electrons. The molecule has 0 aliphatic carbocycles. The van der Waals surface area contributed by atoms with Crippen LogP contribution in [0.15, 0.2) is 18.2 Å². The summed E-state index contributed by atoms with van der Waals surface area (Å²) in [6, 6.07) is 6.30. The molecule has 1 aromatic carbocycles. The first-order valence-corrected chi connectivity index (χ1v) is 7.49. The van der Waals surface area contributed by atoms with Gasteiger partial charge in [-0.3, -0.25) is 0 Å². The summed E-state index contributed by atoms with van der Waals surface area (Å²) < 4.78 is 16.7. The summed E-state index contributed by atoms with van der Waals surface area (Å²) in [6.45, 7) is 8.38. The molecule has 4 heteroatoms. The molecule has 20 heavy (non-hydrogen) atoms. The van der Waals surface area contributed by atoms with Gasteiger partial charge in [0.15, 0.2) is 11.5 Å². The summed E-state index contributed by atoms with van der Waals surface area (Å²) in [5.41, 5.74) is 1.19. The lowest BCUT2D eigenvalue weighted by Gasteiger charge is -2.21. The smallest absolute Gasteiger partial charge is 0.231 e. The van der Waals surface area contributed by atoms with Gasteiger partial charge in [0.1, 0.15) is 0 Å². The molecule has 0 fully saturated rings. The highest BCUT2D eigenvalue weighted by molar-refractivity contribution is 5.45. The molecule has 2 unspecified atom stereocenters. The Kier molecular flexibility index (Phi) is 5.68. The zero-order chi connectivity index (χ0) is 14.4. The van der Waals surface area contributed by atoms with Gasteiger partial charge in [0.2, 0.25) is 6.79 Å². The zero-order valence-electron chi connectivity index (χ0n) is 12.6. The lowest BCUT2D eigenvalue weighted by atomic mass is 10.1. The number of ether oxygens (including phenoxy) is 3. The standard InChI is InChI=1S/C16H25NO3/c1-4-8-17-14(10-18-12(3)5-2)13-6-7-15-16(9-13)20-11-19-15/h6-7,9,12,14,17H,4-5,8,10-11H2,1-3H3. The maximum Gasteiger partial charge on any atom is 0.231 e. The van der Waals surface area contributed by atoms with Gasteiger partial charge < -0.3 is 19.5 Å².